The van der Waals surface area contributed by atoms with Gasteiger partial charge in [-0.1, -0.05) is 35.3 Å². The standard InChI is InChI=1S/C14H18Cl2O2/c1-12(2)8-14(17,13(3,4)18-12)9-6-5-7-10(15)11(9)16/h5-7,17H,8H2,1-4H3. The van der Waals surface area contributed by atoms with E-state index in [4.69, 9.17) is 27.9 Å². The Balaban J connectivity index is 2.58. The molecule has 1 aliphatic rings. The second-order valence-electron chi connectivity index (χ2n) is 6.01. The van der Waals surface area contributed by atoms with Crippen LogP contribution in [-0.2, 0) is 10.3 Å². The lowest BCUT2D eigenvalue weighted by molar-refractivity contribution is -0.129. The van der Waals surface area contributed by atoms with Crippen molar-refractivity contribution in [2.45, 2.75) is 50.9 Å². The number of hydrogen-bond donors (Lipinski definition) is 1. The zero-order chi connectivity index (χ0) is 13.8. The molecule has 1 heterocycles. The van der Waals surface area contributed by atoms with E-state index in [1.54, 1.807) is 18.2 Å². The van der Waals surface area contributed by atoms with Crippen molar-refractivity contribution in [1.82, 2.24) is 0 Å². The highest BCUT2D eigenvalue weighted by molar-refractivity contribution is 6.42. The molecule has 18 heavy (non-hydrogen) atoms. The van der Waals surface area contributed by atoms with E-state index < -0.39 is 16.8 Å². The molecular weight excluding hydrogens is 271 g/mol. The average Bonchev–Trinajstić information content (AvgIpc) is 2.35. The van der Waals surface area contributed by atoms with E-state index in [0.29, 0.717) is 22.0 Å². The lowest BCUT2D eigenvalue weighted by Crippen LogP contribution is -2.43. The Kier molecular flexibility index (Phi) is 3.22. The molecular formula is C14H18Cl2O2. The largest absolute Gasteiger partial charge is 0.382 e. The van der Waals surface area contributed by atoms with Crippen molar-refractivity contribution in [3.63, 3.8) is 0 Å². The minimum Gasteiger partial charge on any atom is -0.382 e. The fraction of sp³-hybridized carbons (Fsp3) is 0.571. The first-order valence-electron chi connectivity index (χ1n) is 5.96. The van der Waals surface area contributed by atoms with Gasteiger partial charge >= 0.3 is 0 Å². The Bertz CT molecular complexity index is 483. The van der Waals surface area contributed by atoms with Gasteiger partial charge in [-0.25, -0.2) is 0 Å². The number of ether oxygens (including phenoxy) is 1. The van der Waals surface area contributed by atoms with E-state index in [1.807, 2.05) is 27.7 Å². The molecule has 1 unspecified atom stereocenters. The van der Waals surface area contributed by atoms with Crippen molar-refractivity contribution in [2.75, 3.05) is 0 Å². The Hall–Kier alpha value is -0.280. The topological polar surface area (TPSA) is 29.5 Å². The van der Waals surface area contributed by atoms with Crippen LogP contribution in [0.1, 0.15) is 39.7 Å². The molecule has 4 heteroatoms. The smallest absolute Gasteiger partial charge is 0.122 e. The van der Waals surface area contributed by atoms with Crippen molar-refractivity contribution < 1.29 is 9.84 Å². The maximum absolute atomic E-state index is 11.1. The highest BCUT2D eigenvalue weighted by Crippen LogP contribution is 2.52. The zero-order valence-electron chi connectivity index (χ0n) is 11.1. The van der Waals surface area contributed by atoms with Crippen LogP contribution < -0.4 is 0 Å². The van der Waals surface area contributed by atoms with Crippen molar-refractivity contribution in [3.8, 4) is 0 Å². The maximum Gasteiger partial charge on any atom is 0.122 e. The molecule has 0 aliphatic carbocycles. The van der Waals surface area contributed by atoms with E-state index in [1.165, 1.54) is 0 Å². The van der Waals surface area contributed by atoms with Gasteiger partial charge in [-0.15, -0.1) is 0 Å². The Labute approximate surface area is 118 Å². The summed E-state index contributed by atoms with van der Waals surface area (Å²) in [6, 6.07) is 5.31. The van der Waals surface area contributed by atoms with Crippen LogP contribution in [0, 0.1) is 0 Å². The molecule has 100 valence electrons. The summed E-state index contributed by atoms with van der Waals surface area (Å²) >= 11 is 12.3. The number of aliphatic hydroxyl groups is 1. The number of rotatable bonds is 1. The van der Waals surface area contributed by atoms with Crippen LogP contribution in [0.3, 0.4) is 0 Å². The van der Waals surface area contributed by atoms with E-state index in [-0.39, 0.29) is 0 Å². The fourth-order valence-corrected chi connectivity index (χ4v) is 3.34. The van der Waals surface area contributed by atoms with Crippen LogP contribution in [0.2, 0.25) is 10.0 Å². The first-order chi connectivity index (χ1) is 8.09. The van der Waals surface area contributed by atoms with Gasteiger partial charge in [0.25, 0.3) is 0 Å². The number of hydrogen-bond acceptors (Lipinski definition) is 2. The van der Waals surface area contributed by atoms with Crippen molar-refractivity contribution in [3.05, 3.63) is 33.8 Å². The third-order valence-corrected chi connectivity index (χ3v) is 4.43. The zero-order valence-corrected chi connectivity index (χ0v) is 12.6. The van der Waals surface area contributed by atoms with Crippen molar-refractivity contribution in [1.29, 1.82) is 0 Å². The molecule has 1 aliphatic heterocycles. The molecule has 1 atom stereocenters. The summed E-state index contributed by atoms with van der Waals surface area (Å²) < 4.78 is 5.95. The quantitative estimate of drug-likeness (QED) is 0.841. The Morgan fingerprint density at radius 1 is 1.17 bits per heavy atom. The molecule has 0 bridgehead atoms. The molecule has 1 fully saturated rings. The monoisotopic (exact) mass is 288 g/mol. The van der Waals surface area contributed by atoms with Crippen LogP contribution >= 0.6 is 23.2 Å². The molecule has 0 saturated carbocycles. The first-order valence-corrected chi connectivity index (χ1v) is 6.72. The minimum atomic E-state index is -1.14. The molecule has 1 saturated heterocycles. The SMILES string of the molecule is CC1(C)CC(O)(c2cccc(Cl)c2Cl)C(C)(C)O1. The number of halogens is 2. The molecule has 0 amide bonds. The summed E-state index contributed by atoms with van der Waals surface area (Å²) in [7, 11) is 0. The van der Waals surface area contributed by atoms with Crippen molar-refractivity contribution in [2.24, 2.45) is 0 Å². The van der Waals surface area contributed by atoms with Gasteiger partial charge in [0, 0.05) is 12.0 Å². The second-order valence-corrected chi connectivity index (χ2v) is 6.80. The second kappa shape index (κ2) is 4.11. The number of benzene rings is 1. The molecule has 0 radical (unpaired) electrons. The van der Waals surface area contributed by atoms with Gasteiger partial charge in [0.1, 0.15) is 5.60 Å². The van der Waals surface area contributed by atoms with Gasteiger partial charge < -0.3 is 9.84 Å². The van der Waals surface area contributed by atoms with Crippen molar-refractivity contribution >= 4 is 23.2 Å². The molecule has 1 aromatic carbocycles. The van der Waals surface area contributed by atoms with Crippen LogP contribution in [-0.4, -0.2) is 16.3 Å². The van der Waals surface area contributed by atoms with E-state index in [9.17, 15) is 5.11 Å². The maximum atomic E-state index is 11.1. The summed E-state index contributed by atoms with van der Waals surface area (Å²) in [6.45, 7) is 7.67. The molecule has 0 aromatic heterocycles. The van der Waals surface area contributed by atoms with Gasteiger partial charge in [0.2, 0.25) is 0 Å². The summed E-state index contributed by atoms with van der Waals surface area (Å²) in [4.78, 5) is 0. The van der Waals surface area contributed by atoms with Crippen LogP contribution in [0.5, 0.6) is 0 Å². The van der Waals surface area contributed by atoms with Gasteiger partial charge in [-0.05, 0) is 33.8 Å². The summed E-state index contributed by atoms with van der Waals surface area (Å²) in [5.41, 5.74) is -1.63. The Morgan fingerprint density at radius 2 is 1.78 bits per heavy atom. The normalized spacial score (nSPS) is 29.5. The van der Waals surface area contributed by atoms with E-state index in [2.05, 4.69) is 0 Å². The minimum absolute atomic E-state index is 0.399. The molecule has 2 nitrogen and oxygen atoms in total. The summed E-state index contributed by atoms with van der Waals surface area (Å²) in [6.07, 6.45) is 0.479. The summed E-state index contributed by atoms with van der Waals surface area (Å²) in [5, 5.41) is 11.9. The molecule has 2 rings (SSSR count). The predicted octanol–water partition coefficient (Wildman–Crippen LogP) is 4.16. The Morgan fingerprint density at radius 3 is 2.28 bits per heavy atom. The average molecular weight is 289 g/mol. The van der Waals surface area contributed by atoms with Gasteiger partial charge in [0.15, 0.2) is 0 Å². The molecule has 1 N–H and O–H groups in total. The van der Waals surface area contributed by atoms with E-state index >= 15 is 0 Å². The van der Waals surface area contributed by atoms with Gasteiger partial charge in [-0.3, -0.25) is 0 Å². The lowest BCUT2D eigenvalue weighted by atomic mass is 9.77. The van der Waals surface area contributed by atoms with Crippen LogP contribution in [0.25, 0.3) is 0 Å². The van der Waals surface area contributed by atoms with E-state index in [0.717, 1.165) is 0 Å². The van der Waals surface area contributed by atoms with Gasteiger partial charge in [0.05, 0.1) is 21.2 Å². The first kappa shape index (κ1) is 14.1. The third kappa shape index (κ3) is 2.05. The predicted molar refractivity (Wildman–Crippen MR) is 74.2 cm³/mol. The fourth-order valence-electron chi connectivity index (χ4n) is 2.88. The highest BCUT2D eigenvalue weighted by atomic mass is 35.5. The summed E-state index contributed by atoms with van der Waals surface area (Å²) in [5.74, 6) is 0. The van der Waals surface area contributed by atoms with Crippen LogP contribution in [0.4, 0.5) is 0 Å². The third-order valence-electron chi connectivity index (χ3n) is 3.61. The van der Waals surface area contributed by atoms with Crippen LogP contribution in [0.15, 0.2) is 18.2 Å². The highest BCUT2D eigenvalue weighted by Gasteiger charge is 2.58. The molecule has 0 spiro atoms. The molecule has 1 aromatic rings. The lowest BCUT2D eigenvalue weighted by Gasteiger charge is -2.36. The van der Waals surface area contributed by atoms with Gasteiger partial charge in [-0.2, -0.15) is 0 Å².